The van der Waals surface area contributed by atoms with Gasteiger partial charge in [-0.1, -0.05) is 13.0 Å². The number of aryl methyl sites for hydroxylation is 1. The molecule has 0 saturated carbocycles. The van der Waals surface area contributed by atoms with E-state index in [1.54, 1.807) is 0 Å². The molecule has 0 saturated heterocycles. The summed E-state index contributed by atoms with van der Waals surface area (Å²) in [5.74, 6) is 0.997. The Morgan fingerprint density at radius 3 is 3.13 bits per heavy atom. The van der Waals surface area contributed by atoms with Gasteiger partial charge in [-0.3, -0.25) is 0 Å². The van der Waals surface area contributed by atoms with Crippen LogP contribution in [0.25, 0.3) is 0 Å². The Hall–Kier alpha value is -0.630. The molecule has 82 valence electrons. The van der Waals surface area contributed by atoms with Gasteiger partial charge in [0.1, 0.15) is 5.75 Å². The molecule has 0 fully saturated rings. The summed E-state index contributed by atoms with van der Waals surface area (Å²) < 4.78 is 5.64. The van der Waals surface area contributed by atoms with Gasteiger partial charge in [0.2, 0.25) is 0 Å². The lowest BCUT2D eigenvalue weighted by Crippen LogP contribution is -2.06. The molecule has 0 spiro atoms. The summed E-state index contributed by atoms with van der Waals surface area (Å²) in [4.78, 5) is 0. The number of hydrogen-bond acceptors (Lipinski definition) is 2. The summed E-state index contributed by atoms with van der Waals surface area (Å²) in [7, 11) is 0. The normalized spacial score (nSPS) is 19.7. The third-order valence-electron chi connectivity index (χ3n) is 2.87. The van der Waals surface area contributed by atoms with Crippen LogP contribution in [-0.2, 0) is 6.42 Å². The fraction of sp³-hybridized carbons (Fsp3) is 0.538. The maximum Gasteiger partial charge on any atom is 0.119 e. The third kappa shape index (κ3) is 2.49. The van der Waals surface area contributed by atoms with Crippen molar-refractivity contribution in [3.05, 3.63) is 29.3 Å². The van der Waals surface area contributed by atoms with Crippen LogP contribution in [0.1, 0.15) is 42.6 Å². The van der Waals surface area contributed by atoms with Crippen molar-refractivity contribution in [2.75, 3.05) is 6.61 Å². The highest BCUT2D eigenvalue weighted by molar-refractivity contribution is 7.80. The Bertz CT molecular complexity index is 335. The van der Waals surface area contributed by atoms with E-state index in [4.69, 9.17) is 4.74 Å². The van der Waals surface area contributed by atoms with Gasteiger partial charge in [0, 0.05) is 5.25 Å². The number of rotatable bonds is 3. The zero-order valence-corrected chi connectivity index (χ0v) is 10.1. The fourth-order valence-corrected chi connectivity index (χ4v) is 2.48. The average molecular weight is 222 g/mol. The van der Waals surface area contributed by atoms with Gasteiger partial charge in [0.15, 0.2) is 0 Å². The number of hydrogen-bond donors (Lipinski definition) is 1. The molecule has 0 aliphatic heterocycles. The number of thiol groups is 1. The van der Waals surface area contributed by atoms with E-state index in [9.17, 15) is 0 Å². The van der Waals surface area contributed by atoms with Crippen molar-refractivity contribution in [2.24, 2.45) is 0 Å². The van der Waals surface area contributed by atoms with E-state index in [0.29, 0.717) is 5.25 Å². The lowest BCUT2D eigenvalue weighted by molar-refractivity contribution is 0.317. The first-order valence-corrected chi connectivity index (χ1v) is 6.26. The number of fused-ring (bicyclic) bond motifs is 1. The minimum atomic E-state index is 0.402. The highest BCUT2D eigenvalue weighted by Crippen LogP contribution is 2.36. The van der Waals surface area contributed by atoms with Crippen molar-refractivity contribution < 1.29 is 4.74 Å². The van der Waals surface area contributed by atoms with E-state index >= 15 is 0 Å². The molecule has 0 N–H and O–H groups in total. The molecule has 0 heterocycles. The second-order valence-electron chi connectivity index (χ2n) is 4.12. The van der Waals surface area contributed by atoms with E-state index in [1.807, 2.05) is 0 Å². The topological polar surface area (TPSA) is 9.23 Å². The van der Waals surface area contributed by atoms with E-state index in [0.717, 1.165) is 18.8 Å². The van der Waals surface area contributed by atoms with Crippen LogP contribution >= 0.6 is 12.6 Å². The molecule has 0 bridgehead atoms. The minimum absolute atomic E-state index is 0.402. The zero-order valence-electron chi connectivity index (χ0n) is 9.20. The first kappa shape index (κ1) is 10.9. The van der Waals surface area contributed by atoms with Crippen LogP contribution in [0.2, 0.25) is 0 Å². The molecular formula is C13H18OS. The summed E-state index contributed by atoms with van der Waals surface area (Å²) in [5.41, 5.74) is 2.82. The summed E-state index contributed by atoms with van der Waals surface area (Å²) in [6.07, 6.45) is 4.70. The lowest BCUT2D eigenvalue weighted by atomic mass is 9.91. The van der Waals surface area contributed by atoms with Crippen LogP contribution < -0.4 is 4.74 Å². The molecule has 1 nitrogen and oxygen atoms in total. The Balaban J connectivity index is 2.19. The molecule has 2 heteroatoms. The Labute approximate surface area is 97.2 Å². The van der Waals surface area contributed by atoms with Crippen LogP contribution in [0.15, 0.2) is 18.2 Å². The van der Waals surface area contributed by atoms with Crippen molar-refractivity contribution in [2.45, 2.75) is 37.9 Å². The Morgan fingerprint density at radius 2 is 2.33 bits per heavy atom. The van der Waals surface area contributed by atoms with Crippen molar-refractivity contribution >= 4 is 12.6 Å². The van der Waals surface area contributed by atoms with Gasteiger partial charge < -0.3 is 4.74 Å². The zero-order chi connectivity index (χ0) is 10.7. The second kappa shape index (κ2) is 4.93. The largest absolute Gasteiger partial charge is 0.494 e. The molecule has 0 aromatic heterocycles. The Morgan fingerprint density at radius 1 is 1.47 bits per heavy atom. The molecule has 2 rings (SSSR count). The van der Waals surface area contributed by atoms with E-state index < -0.39 is 0 Å². The van der Waals surface area contributed by atoms with Gasteiger partial charge in [0.05, 0.1) is 6.61 Å². The molecule has 0 radical (unpaired) electrons. The quantitative estimate of drug-likeness (QED) is 0.766. The Kier molecular flexibility index (Phi) is 3.57. The summed E-state index contributed by atoms with van der Waals surface area (Å²) in [5, 5.41) is 0.402. The van der Waals surface area contributed by atoms with Crippen molar-refractivity contribution in [1.82, 2.24) is 0 Å². The molecular weight excluding hydrogens is 204 g/mol. The highest BCUT2D eigenvalue weighted by Gasteiger charge is 2.17. The molecule has 0 amide bonds. The molecule has 15 heavy (non-hydrogen) atoms. The van der Waals surface area contributed by atoms with Gasteiger partial charge in [-0.25, -0.2) is 0 Å². The predicted octanol–water partition coefficient (Wildman–Crippen LogP) is 3.78. The monoisotopic (exact) mass is 222 g/mol. The average Bonchev–Trinajstić information content (AvgIpc) is 2.27. The van der Waals surface area contributed by atoms with E-state index in [2.05, 4.69) is 37.8 Å². The lowest BCUT2D eigenvalue weighted by Gasteiger charge is -2.22. The van der Waals surface area contributed by atoms with Crippen molar-refractivity contribution in [3.63, 3.8) is 0 Å². The van der Waals surface area contributed by atoms with Crippen LogP contribution in [0.3, 0.4) is 0 Å². The van der Waals surface area contributed by atoms with Crippen molar-refractivity contribution in [3.8, 4) is 5.75 Å². The SMILES string of the molecule is CCCOc1ccc2c(c1)C(S)CCC2. The molecule has 1 unspecified atom stereocenters. The summed E-state index contributed by atoms with van der Waals surface area (Å²) in [6.45, 7) is 2.93. The third-order valence-corrected chi connectivity index (χ3v) is 3.41. The molecule has 1 atom stereocenters. The second-order valence-corrected chi connectivity index (χ2v) is 4.74. The van der Waals surface area contributed by atoms with Crippen LogP contribution in [0.4, 0.5) is 0 Å². The summed E-state index contributed by atoms with van der Waals surface area (Å²) >= 11 is 4.62. The number of ether oxygens (including phenoxy) is 1. The van der Waals surface area contributed by atoms with Gasteiger partial charge >= 0.3 is 0 Å². The molecule has 1 aromatic carbocycles. The minimum Gasteiger partial charge on any atom is -0.494 e. The molecule has 1 aliphatic carbocycles. The van der Waals surface area contributed by atoms with Crippen LogP contribution in [-0.4, -0.2) is 6.61 Å². The first-order chi connectivity index (χ1) is 7.31. The number of benzene rings is 1. The summed E-state index contributed by atoms with van der Waals surface area (Å²) in [6, 6.07) is 6.45. The van der Waals surface area contributed by atoms with E-state index in [1.165, 1.54) is 30.4 Å². The first-order valence-electron chi connectivity index (χ1n) is 5.75. The van der Waals surface area contributed by atoms with E-state index in [-0.39, 0.29) is 0 Å². The fourth-order valence-electron chi connectivity index (χ4n) is 2.06. The van der Waals surface area contributed by atoms with Crippen molar-refractivity contribution in [1.29, 1.82) is 0 Å². The van der Waals surface area contributed by atoms with Gasteiger partial charge in [-0.2, -0.15) is 12.6 Å². The van der Waals surface area contributed by atoms with Gasteiger partial charge in [-0.15, -0.1) is 0 Å². The van der Waals surface area contributed by atoms with Crippen LogP contribution in [0, 0.1) is 0 Å². The molecule has 1 aliphatic rings. The maximum absolute atomic E-state index is 5.64. The van der Waals surface area contributed by atoms with Gasteiger partial charge in [0.25, 0.3) is 0 Å². The standard InChI is InChI=1S/C13H18OS/c1-2-8-14-11-7-6-10-4-3-5-13(15)12(10)9-11/h6-7,9,13,15H,2-5,8H2,1H3. The highest BCUT2D eigenvalue weighted by atomic mass is 32.1. The smallest absolute Gasteiger partial charge is 0.119 e. The van der Waals surface area contributed by atoms with Crippen LogP contribution in [0.5, 0.6) is 5.75 Å². The molecule has 1 aromatic rings. The van der Waals surface area contributed by atoms with Gasteiger partial charge in [-0.05, 0) is 48.9 Å². The maximum atomic E-state index is 5.64. The predicted molar refractivity (Wildman–Crippen MR) is 66.9 cm³/mol.